The van der Waals surface area contributed by atoms with Gasteiger partial charge in [-0.2, -0.15) is 15.4 Å². The summed E-state index contributed by atoms with van der Waals surface area (Å²) in [4.78, 5) is 0. The number of alkyl halides is 1. The maximum atomic E-state index is 13.8. The topological polar surface area (TPSA) is 41.6 Å². The maximum absolute atomic E-state index is 13.8. The van der Waals surface area contributed by atoms with Crippen LogP contribution in [0.5, 0.6) is 0 Å². The van der Waals surface area contributed by atoms with Crippen molar-refractivity contribution in [2.75, 3.05) is 0 Å². The predicted molar refractivity (Wildman–Crippen MR) is 56.3 cm³/mol. The first-order chi connectivity index (χ1) is 6.77. The predicted octanol–water partition coefficient (Wildman–Crippen LogP) is 2.61. The molecule has 0 atom stereocenters. The van der Waals surface area contributed by atoms with Crippen LogP contribution in [0.15, 0.2) is 6.20 Å². The van der Waals surface area contributed by atoms with Gasteiger partial charge in [0.1, 0.15) is 5.67 Å². The molecule has 0 amide bonds. The average molecular weight is 211 g/mol. The maximum Gasteiger partial charge on any atom is 0.110 e. The largest absolute Gasteiger partial charge is 0.244 e. The van der Waals surface area contributed by atoms with Crippen molar-refractivity contribution in [1.29, 1.82) is 0 Å². The molecule has 84 valence electrons. The molecule has 1 aliphatic rings. The van der Waals surface area contributed by atoms with Gasteiger partial charge in [0.2, 0.25) is 0 Å². The van der Waals surface area contributed by atoms with Crippen LogP contribution < -0.4 is 0 Å². The smallest absolute Gasteiger partial charge is 0.110 e. The second-order valence-electron chi connectivity index (χ2n) is 5.95. The molecular weight excluding hydrogens is 193 g/mol. The lowest BCUT2D eigenvalue weighted by Gasteiger charge is -2.56. The van der Waals surface area contributed by atoms with Crippen LogP contribution in [0.3, 0.4) is 0 Å². The van der Waals surface area contributed by atoms with E-state index in [1.165, 1.54) is 0 Å². The number of H-pyrrole nitrogens is 1. The Labute approximate surface area is 89.5 Å². The van der Waals surface area contributed by atoms with Crippen LogP contribution in [0, 0.1) is 5.41 Å². The Hall–Kier alpha value is -0.930. The van der Waals surface area contributed by atoms with Crippen LogP contribution in [0.4, 0.5) is 4.39 Å². The van der Waals surface area contributed by atoms with E-state index in [0.717, 1.165) is 5.69 Å². The fraction of sp³-hybridized carbons (Fsp3) is 0.818. The van der Waals surface area contributed by atoms with Crippen LogP contribution in [-0.2, 0) is 5.41 Å². The fourth-order valence-electron chi connectivity index (χ4n) is 2.73. The zero-order chi connectivity index (χ0) is 11.3. The van der Waals surface area contributed by atoms with Gasteiger partial charge in [-0.1, -0.05) is 20.8 Å². The quantitative estimate of drug-likeness (QED) is 0.775. The summed E-state index contributed by atoms with van der Waals surface area (Å²) in [5, 5.41) is 10.6. The Kier molecular flexibility index (Phi) is 1.98. The van der Waals surface area contributed by atoms with E-state index in [4.69, 9.17) is 0 Å². The van der Waals surface area contributed by atoms with Crippen molar-refractivity contribution in [3.8, 4) is 0 Å². The van der Waals surface area contributed by atoms with E-state index in [-0.39, 0.29) is 10.8 Å². The Morgan fingerprint density at radius 2 is 2.00 bits per heavy atom. The Morgan fingerprint density at radius 3 is 2.33 bits per heavy atom. The highest BCUT2D eigenvalue weighted by molar-refractivity contribution is 5.26. The molecule has 15 heavy (non-hydrogen) atoms. The number of aromatic nitrogens is 3. The summed E-state index contributed by atoms with van der Waals surface area (Å²) >= 11 is 0. The number of aromatic amines is 1. The number of hydrogen-bond acceptors (Lipinski definition) is 2. The molecule has 1 N–H and O–H groups in total. The first-order valence-corrected chi connectivity index (χ1v) is 5.32. The van der Waals surface area contributed by atoms with Crippen LogP contribution >= 0.6 is 0 Å². The third-order valence-corrected chi connectivity index (χ3v) is 3.68. The van der Waals surface area contributed by atoms with Crippen molar-refractivity contribution in [3.63, 3.8) is 0 Å². The molecule has 1 aromatic rings. The third-order valence-electron chi connectivity index (χ3n) is 3.68. The Balaban J connectivity index is 2.36. The highest BCUT2D eigenvalue weighted by Crippen LogP contribution is 2.60. The van der Waals surface area contributed by atoms with Crippen molar-refractivity contribution in [2.24, 2.45) is 5.41 Å². The normalized spacial score (nSPS) is 36.3. The van der Waals surface area contributed by atoms with E-state index in [2.05, 4.69) is 36.2 Å². The van der Waals surface area contributed by atoms with Crippen molar-refractivity contribution in [3.05, 3.63) is 11.9 Å². The molecule has 1 aliphatic carbocycles. The molecule has 0 radical (unpaired) electrons. The molecule has 0 saturated heterocycles. The summed E-state index contributed by atoms with van der Waals surface area (Å²) in [6, 6.07) is 0. The van der Waals surface area contributed by atoms with Crippen LogP contribution in [0.1, 0.15) is 46.2 Å². The van der Waals surface area contributed by atoms with Gasteiger partial charge < -0.3 is 0 Å². The molecule has 0 aromatic carbocycles. The summed E-state index contributed by atoms with van der Waals surface area (Å²) < 4.78 is 13.8. The molecule has 1 fully saturated rings. The van der Waals surface area contributed by atoms with Crippen molar-refractivity contribution in [1.82, 2.24) is 15.4 Å². The molecule has 1 aromatic heterocycles. The van der Waals surface area contributed by atoms with Crippen LogP contribution in [-0.4, -0.2) is 21.1 Å². The van der Waals surface area contributed by atoms with E-state index in [1.54, 1.807) is 13.1 Å². The lowest BCUT2D eigenvalue weighted by Crippen LogP contribution is -2.57. The molecule has 1 heterocycles. The minimum atomic E-state index is -1.05. The summed E-state index contributed by atoms with van der Waals surface area (Å²) in [5.74, 6) is 0. The number of nitrogens with zero attached hydrogens (tertiary/aromatic N) is 2. The number of rotatable bonds is 1. The SMILES string of the molecule is CC1(F)CC(c2cn[nH]n2)(C(C)(C)C)C1. The lowest BCUT2D eigenvalue weighted by atomic mass is 9.49. The number of hydrogen-bond donors (Lipinski definition) is 1. The highest BCUT2D eigenvalue weighted by Gasteiger charge is 2.60. The molecule has 0 aliphatic heterocycles. The monoisotopic (exact) mass is 211 g/mol. The van der Waals surface area contributed by atoms with Gasteiger partial charge in [0, 0.05) is 5.41 Å². The lowest BCUT2D eigenvalue weighted by molar-refractivity contribution is -0.0637. The summed E-state index contributed by atoms with van der Waals surface area (Å²) in [7, 11) is 0. The van der Waals surface area contributed by atoms with Crippen LogP contribution in [0.25, 0.3) is 0 Å². The standard InChI is InChI=1S/C11H18FN3/c1-9(2,3)11(6-10(4,12)7-11)8-5-13-15-14-8/h5H,6-7H2,1-4H3,(H,13,14,15). The minimum Gasteiger partial charge on any atom is -0.244 e. The Bertz CT molecular complexity index is 340. The Morgan fingerprint density at radius 1 is 1.40 bits per heavy atom. The van der Waals surface area contributed by atoms with Gasteiger partial charge in [-0.05, 0) is 25.2 Å². The molecule has 2 rings (SSSR count). The molecule has 1 saturated carbocycles. The van der Waals surface area contributed by atoms with E-state index < -0.39 is 5.67 Å². The highest BCUT2D eigenvalue weighted by atomic mass is 19.1. The summed E-state index contributed by atoms with van der Waals surface area (Å²) in [5.41, 5.74) is -0.310. The second-order valence-corrected chi connectivity index (χ2v) is 5.95. The van der Waals surface area contributed by atoms with Gasteiger partial charge >= 0.3 is 0 Å². The number of nitrogens with one attached hydrogen (secondary N) is 1. The molecule has 0 spiro atoms. The fourth-order valence-corrected chi connectivity index (χ4v) is 2.73. The first kappa shape index (κ1) is 10.6. The van der Waals surface area contributed by atoms with Gasteiger partial charge in [-0.3, -0.25) is 0 Å². The van der Waals surface area contributed by atoms with Crippen molar-refractivity contribution >= 4 is 0 Å². The van der Waals surface area contributed by atoms with E-state index in [9.17, 15) is 4.39 Å². The zero-order valence-electron chi connectivity index (χ0n) is 9.76. The van der Waals surface area contributed by atoms with Gasteiger partial charge in [0.25, 0.3) is 0 Å². The second kappa shape index (κ2) is 2.80. The van der Waals surface area contributed by atoms with Crippen LogP contribution in [0.2, 0.25) is 0 Å². The van der Waals surface area contributed by atoms with Gasteiger partial charge in [-0.25, -0.2) is 4.39 Å². The van der Waals surface area contributed by atoms with Gasteiger partial charge in [0.05, 0.1) is 11.9 Å². The van der Waals surface area contributed by atoms with Gasteiger partial charge in [0.15, 0.2) is 0 Å². The number of halogens is 1. The summed E-state index contributed by atoms with van der Waals surface area (Å²) in [6.45, 7) is 8.07. The summed E-state index contributed by atoms with van der Waals surface area (Å²) in [6.07, 6.45) is 2.80. The first-order valence-electron chi connectivity index (χ1n) is 5.32. The molecule has 3 nitrogen and oxygen atoms in total. The van der Waals surface area contributed by atoms with E-state index >= 15 is 0 Å². The molecule has 4 heteroatoms. The van der Waals surface area contributed by atoms with E-state index in [0.29, 0.717) is 12.8 Å². The van der Waals surface area contributed by atoms with E-state index in [1.807, 2.05) is 0 Å². The molecular formula is C11H18FN3. The molecule has 0 bridgehead atoms. The van der Waals surface area contributed by atoms with Crippen molar-refractivity contribution < 1.29 is 4.39 Å². The van der Waals surface area contributed by atoms with Crippen molar-refractivity contribution in [2.45, 2.75) is 51.6 Å². The molecule has 0 unspecified atom stereocenters. The minimum absolute atomic E-state index is 0.00940. The third kappa shape index (κ3) is 1.46. The average Bonchev–Trinajstić information content (AvgIpc) is 2.48. The zero-order valence-corrected chi connectivity index (χ0v) is 9.76. The van der Waals surface area contributed by atoms with Gasteiger partial charge in [-0.15, -0.1) is 0 Å².